The molecule has 0 aromatic carbocycles. The minimum absolute atomic E-state index is 0. The average molecular weight is 288 g/mol. The second kappa shape index (κ2) is 5.38. The van der Waals surface area contributed by atoms with Crippen LogP contribution in [0.5, 0.6) is 0 Å². The fourth-order valence-electron chi connectivity index (χ4n) is 2.00. The van der Waals surface area contributed by atoms with Gasteiger partial charge in [-0.2, -0.15) is 13.2 Å². The van der Waals surface area contributed by atoms with Crippen LogP contribution in [0, 0.1) is 17.3 Å². The van der Waals surface area contributed by atoms with Crippen molar-refractivity contribution in [3.05, 3.63) is 11.8 Å². The van der Waals surface area contributed by atoms with E-state index in [1.54, 1.807) is 13.8 Å². The standard InChI is InChI=1S/C11H15F3O3.ClH/c1-4-17-7(11(12,13)14)5-6-8(9(15)16)10(6,2)3;/h5-6,8H,4H2,1-3H3,(H,15,16);1H/p-1. The Morgan fingerprint density at radius 3 is 2.22 bits per heavy atom. The highest BCUT2D eigenvalue weighted by Gasteiger charge is 2.62. The maximum Gasteiger partial charge on any atom is 0.448 e. The Morgan fingerprint density at radius 2 is 1.94 bits per heavy atom. The number of aliphatic carboxylic acids is 1. The van der Waals surface area contributed by atoms with E-state index < -0.39 is 35.2 Å². The Hall–Kier alpha value is -0.910. The van der Waals surface area contributed by atoms with E-state index in [0.29, 0.717) is 0 Å². The molecule has 0 heterocycles. The van der Waals surface area contributed by atoms with E-state index in [1.165, 1.54) is 6.92 Å². The summed E-state index contributed by atoms with van der Waals surface area (Å²) in [5.41, 5.74) is -0.653. The first-order chi connectivity index (χ1) is 7.62. The fraction of sp³-hybridized carbons (Fsp3) is 0.727. The predicted octanol–water partition coefficient (Wildman–Crippen LogP) is -0.170. The number of alkyl halides is 3. The normalized spacial score (nSPS) is 26.2. The zero-order chi connectivity index (χ0) is 13.4. The molecular weight excluding hydrogens is 273 g/mol. The van der Waals surface area contributed by atoms with Crippen LogP contribution in [0.1, 0.15) is 20.8 Å². The van der Waals surface area contributed by atoms with Crippen LogP contribution < -0.4 is 12.4 Å². The third-order valence-electron chi connectivity index (χ3n) is 3.09. The second-order valence-electron chi connectivity index (χ2n) is 4.62. The third kappa shape index (κ3) is 3.31. The number of hydrogen-bond acceptors (Lipinski definition) is 2. The monoisotopic (exact) mass is 287 g/mol. The van der Waals surface area contributed by atoms with Crippen molar-refractivity contribution < 1.29 is 40.2 Å². The first-order valence-electron chi connectivity index (χ1n) is 5.27. The second-order valence-corrected chi connectivity index (χ2v) is 4.62. The summed E-state index contributed by atoms with van der Waals surface area (Å²) in [6, 6.07) is 0. The molecule has 1 aliphatic rings. The van der Waals surface area contributed by atoms with E-state index in [-0.39, 0.29) is 19.0 Å². The van der Waals surface area contributed by atoms with Crippen molar-refractivity contribution in [2.75, 3.05) is 6.61 Å². The van der Waals surface area contributed by atoms with E-state index in [0.717, 1.165) is 6.08 Å². The molecule has 1 N–H and O–H groups in total. The van der Waals surface area contributed by atoms with Crippen molar-refractivity contribution in [3.63, 3.8) is 0 Å². The number of halogens is 4. The predicted molar refractivity (Wildman–Crippen MR) is 54.2 cm³/mol. The summed E-state index contributed by atoms with van der Waals surface area (Å²) in [6.07, 6.45) is -3.68. The largest absolute Gasteiger partial charge is 1.00 e. The lowest BCUT2D eigenvalue weighted by Crippen LogP contribution is -3.00. The molecule has 1 aliphatic carbocycles. The Bertz CT molecular complexity index is 350. The van der Waals surface area contributed by atoms with Gasteiger partial charge in [0.25, 0.3) is 0 Å². The molecule has 0 aromatic rings. The van der Waals surface area contributed by atoms with Crippen LogP contribution in [-0.2, 0) is 9.53 Å². The molecule has 0 aliphatic heterocycles. The number of ether oxygens (including phenoxy) is 1. The summed E-state index contributed by atoms with van der Waals surface area (Å²) in [5.74, 6) is -3.58. The summed E-state index contributed by atoms with van der Waals surface area (Å²) in [6.45, 7) is 4.61. The van der Waals surface area contributed by atoms with Crippen molar-refractivity contribution in [1.82, 2.24) is 0 Å². The van der Waals surface area contributed by atoms with Crippen LogP contribution in [0.3, 0.4) is 0 Å². The Morgan fingerprint density at radius 1 is 1.44 bits per heavy atom. The van der Waals surface area contributed by atoms with Gasteiger partial charge in [-0.05, 0) is 18.4 Å². The van der Waals surface area contributed by atoms with Crippen LogP contribution >= 0.6 is 0 Å². The molecule has 1 rings (SSSR count). The molecule has 0 aromatic heterocycles. The van der Waals surface area contributed by atoms with E-state index in [2.05, 4.69) is 4.74 Å². The molecule has 7 heteroatoms. The number of allylic oxidation sites excluding steroid dienone is 2. The van der Waals surface area contributed by atoms with Crippen LogP contribution in [0.2, 0.25) is 0 Å². The van der Waals surface area contributed by atoms with Gasteiger partial charge in [0.15, 0.2) is 5.76 Å². The van der Waals surface area contributed by atoms with E-state index in [9.17, 15) is 18.0 Å². The molecule has 0 bridgehead atoms. The highest BCUT2D eigenvalue weighted by Crippen LogP contribution is 2.59. The van der Waals surface area contributed by atoms with Gasteiger partial charge in [0.1, 0.15) is 0 Å². The van der Waals surface area contributed by atoms with Gasteiger partial charge in [-0.25, -0.2) is 0 Å². The molecule has 18 heavy (non-hydrogen) atoms. The van der Waals surface area contributed by atoms with E-state index >= 15 is 0 Å². The minimum atomic E-state index is -4.57. The Labute approximate surface area is 109 Å². The van der Waals surface area contributed by atoms with Gasteiger partial charge >= 0.3 is 12.1 Å². The smallest absolute Gasteiger partial charge is 0.448 e. The van der Waals surface area contributed by atoms with Crippen molar-refractivity contribution in [2.45, 2.75) is 26.9 Å². The number of rotatable bonds is 4. The summed E-state index contributed by atoms with van der Waals surface area (Å²) in [7, 11) is 0. The van der Waals surface area contributed by atoms with Gasteiger partial charge in [-0.3, -0.25) is 4.79 Å². The molecule has 0 amide bonds. The van der Waals surface area contributed by atoms with Gasteiger partial charge in [-0.1, -0.05) is 13.8 Å². The summed E-state index contributed by atoms with van der Waals surface area (Å²) >= 11 is 0. The Balaban J connectivity index is 0.00000289. The zero-order valence-electron chi connectivity index (χ0n) is 10.2. The van der Waals surface area contributed by atoms with Gasteiger partial charge in [0.2, 0.25) is 0 Å². The van der Waals surface area contributed by atoms with Crippen LogP contribution in [0.4, 0.5) is 13.2 Å². The first-order valence-corrected chi connectivity index (χ1v) is 5.27. The first kappa shape index (κ1) is 17.1. The fourth-order valence-corrected chi connectivity index (χ4v) is 2.00. The quantitative estimate of drug-likeness (QED) is 0.731. The van der Waals surface area contributed by atoms with Crippen LogP contribution in [0.15, 0.2) is 11.8 Å². The maximum atomic E-state index is 12.5. The third-order valence-corrected chi connectivity index (χ3v) is 3.09. The van der Waals surface area contributed by atoms with Crippen molar-refractivity contribution in [2.24, 2.45) is 17.3 Å². The van der Waals surface area contributed by atoms with Crippen LogP contribution in [0.25, 0.3) is 0 Å². The lowest BCUT2D eigenvalue weighted by molar-refractivity contribution is -0.139. The lowest BCUT2D eigenvalue weighted by atomic mass is 10.1. The topological polar surface area (TPSA) is 46.5 Å². The highest BCUT2D eigenvalue weighted by atomic mass is 35.5. The number of carbonyl (C=O) groups is 1. The maximum absolute atomic E-state index is 12.5. The molecule has 1 saturated carbocycles. The minimum Gasteiger partial charge on any atom is -1.00 e. The molecule has 1 fully saturated rings. The van der Waals surface area contributed by atoms with Gasteiger partial charge in [0.05, 0.1) is 12.5 Å². The van der Waals surface area contributed by atoms with E-state index in [1.807, 2.05) is 0 Å². The average Bonchev–Trinajstić information content (AvgIpc) is 2.65. The van der Waals surface area contributed by atoms with Crippen molar-refractivity contribution in [1.29, 1.82) is 0 Å². The summed E-state index contributed by atoms with van der Waals surface area (Å²) in [5, 5.41) is 8.85. The molecule has 2 unspecified atom stereocenters. The highest BCUT2D eigenvalue weighted by molar-refractivity contribution is 5.76. The molecular formula is C11H15ClF3O3-. The zero-order valence-corrected chi connectivity index (χ0v) is 11.0. The van der Waals surface area contributed by atoms with Gasteiger partial charge in [-0.15, -0.1) is 0 Å². The molecule has 0 saturated heterocycles. The molecule has 2 atom stereocenters. The SMILES string of the molecule is CCOC(=CC1C(C(=O)O)C1(C)C)C(F)(F)F.[Cl-]. The lowest BCUT2D eigenvalue weighted by Gasteiger charge is -2.12. The summed E-state index contributed by atoms with van der Waals surface area (Å²) < 4.78 is 42.1. The summed E-state index contributed by atoms with van der Waals surface area (Å²) in [4.78, 5) is 10.8. The molecule has 3 nitrogen and oxygen atoms in total. The Kier molecular flexibility index (Phi) is 5.11. The van der Waals surface area contributed by atoms with Gasteiger partial charge in [0, 0.05) is 5.92 Å². The van der Waals surface area contributed by atoms with E-state index in [4.69, 9.17) is 5.11 Å². The van der Waals surface area contributed by atoms with Crippen molar-refractivity contribution >= 4 is 5.97 Å². The number of carboxylic acids is 1. The molecule has 106 valence electrons. The molecule has 0 spiro atoms. The van der Waals surface area contributed by atoms with Crippen molar-refractivity contribution in [3.8, 4) is 0 Å². The van der Waals surface area contributed by atoms with Gasteiger partial charge < -0.3 is 22.3 Å². The number of carboxylic acid groups (broad SMARTS) is 1. The number of hydrogen-bond donors (Lipinski definition) is 1. The molecule has 0 radical (unpaired) electrons. The van der Waals surface area contributed by atoms with Crippen LogP contribution in [-0.4, -0.2) is 23.9 Å².